The first kappa shape index (κ1) is 63.6. The average molecular weight is 1110 g/mol. The van der Waals surface area contributed by atoms with Crippen LogP contribution in [0.5, 0.6) is 0 Å². The molecule has 7 rings (SSSR count). The molecule has 0 aliphatic heterocycles. The number of nitrogens with zero attached hydrogens (tertiary/aromatic N) is 4. The van der Waals surface area contributed by atoms with E-state index in [-0.39, 0.29) is 0 Å². The maximum Gasteiger partial charge on any atom is 0.0743 e. The van der Waals surface area contributed by atoms with Crippen molar-refractivity contribution < 1.29 is 0 Å². The fourth-order valence-electron chi connectivity index (χ4n) is 10.7. The highest BCUT2D eigenvalue weighted by molar-refractivity contribution is 5.69. The molecule has 84 heavy (non-hydrogen) atoms. The van der Waals surface area contributed by atoms with E-state index in [4.69, 9.17) is 0 Å². The van der Waals surface area contributed by atoms with Crippen LogP contribution in [-0.2, 0) is 0 Å². The third-order valence-electron chi connectivity index (χ3n) is 16.1. The zero-order chi connectivity index (χ0) is 59.1. The van der Waals surface area contributed by atoms with Crippen LogP contribution in [0.25, 0.3) is 0 Å². The smallest absolute Gasteiger partial charge is 0.0743 e. The first-order chi connectivity index (χ1) is 41.3. The van der Waals surface area contributed by atoms with Crippen molar-refractivity contribution >= 4 is 22.7 Å². The molecule has 0 N–H and O–H groups in total. The summed E-state index contributed by atoms with van der Waals surface area (Å²) in [4.78, 5) is 10.1. The van der Waals surface area contributed by atoms with E-state index in [2.05, 4.69) is 243 Å². The second-order valence-corrected chi connectivity index (χ2v) is 22.7. The fraction of sp³-hybridized carbons (Fsp3) is 0.450. The van der Waals surface area contributed by atoms with Crippen molar-refractivity contribution in [1.29, 1.82) is 0 Å². The van der Waals surface area contributed by atoms with Crippen LogP contribution >= 0.6 is 0 Å². The summed E-state index contributed by atoms with van der Waals surface area (Å²) in [7, 11) is 0. The van der Waals surface area contributed by atoms with E-state index in [1.165, 1.54) is 33.9 Å². The lowest BCUT2D eigenvalue weighted by molar-refractivity contribution is 0.678. The second kappa shape index (κ2) is 35.2. The van der Waals surface area contributed by atoms with E-state index in [9.17, 15) is 0 Å². The lowest BCUT2D eigenvalue weighted by Crippen LogP contribution is -2.25. The summed E-state index contributed by atoms with van der Waals surface area (Å²) >= 11 is 0. The molecule has 1 fully saturated rings. The lowest BCUT2D eigenvalue weighted by Gasteiger charge is -2.25. The van der Waals surface area contributed by atoms with Crippen molar-refractivity contribution in [2.45, 2.75) is 184 Å². The molecule has 0 heterocycles. The van der Waals surface area contributed by atoms with Crippen LogP contribution in [0.2, 0.25) is 0 Å². The largest absolute Gasteiger partial charge is 0.372 e. The van der Waals surface area contributed by atoms with Gasteiger partial charge < -0.3 is 19.6 Å². The van der Waals surface area contributed by atoms with Crippen LogP contribution in [0.4, 0.5) is 22.7 Å². The molecule has 4 aromatic rings. The number of rotatable bonds is 28. The van der Waals surface area contributed by atoms with E-state index >= 15 is 0 Å². The monoisotopic (exact) mass is 1110 g/mol. The molecule has 0 amide bonds. The van der Waals surface area contributed by atoms with Gasteiger partial charge in [0.15, 0.2) is 0 Å². The Morgan fingerprint density at radius 3 is 0.643 bits per heavy atom. The van der Waals surface area contributed by atoms with Crippen LogP contribution in [-0.4, -0.2) is 52.4 Å². The molecule has 0 unspecified atom stereocenters. The predicted molar refractivity (Wildman–Crippen MR) is 361 cm³/mol. The van der Waals surface area contributed by atoms with E-state index in [0.717, 1.165) is 236 Å². The highest BCUT2D eigenvalue weighted by Crippen LogP contribution is 2.33. The van der Waals surface area contributed by atoms with Crippen LogP contribution in [0.3, 0.4) is 0 Å². The highest BCUT2D eigenvalue weighted by atomic mass is 15.1. The van der Waals surface area contributed by atoms with E-state index in [0.29, 0.717) is 0 Å². The van der Waals surface area contributed by atoms with Gasteiger partial charge in [0.1, 0.15) is 0 Å². The van der Waals surface area contributed by atoms with Crippen LogP contribution in [0, 0.1) is 94.7 Å². The number of benzene rings is 4. The Bertz CT molecular complexity index is 2990. The van der Waals surface area contributed by atoms with E-state index in [1.807, 2.05) is 0 Å². The molecule has 3 aliphatic carbocycles. The Morgan fingerprint density at radius 1 is 0.250 bits per heavy atom. The van der Waals surface area contributed by atoms with Gasteiger partial charge in [0.05, 0.1) is 11.1 Å². The third-order valence-corrected chi connectivity index (χ3v) is 16.1. The van der Waals surface area contributed by atoms with Gasteiger partial charge in [0.2, 0.25) is 0 Å². The molecule has 0 spiro atoms. The number of hydrogen-bond donors (Lipinski definition) is 0. The molecule has 0 saturated heterocycles. The van der Waals surface area contributed by atoms with Crippen molar-refractivity contribution in [2.75, 3.05) is 72.0 Å². The lowest BCUT2D eigenvalue weighted by atomic mass is 9.85. The molecular weight excluding hydrogens is 1020 g/mol. The molecule has 4 aromatic carbocycles. The SMILES string of the molecule is CCCCN(CCCC)c1ccc2c(c1)C#CC#Cc1cc(N(CCCC)CCCC)ccc1C#CC(=C1CCC(=C3C#Cc4ccc(N(CCCC)CCCC)cc4C#CC#Cc4cc(N(CCCC)CCCC)ccc4C#C3)CC1)C#C2. The molecule has 0 aromatic heterocycles. The first-order valence-electron chi connectivity index (χ1n) is 32.4. The van der Waals surface area contributed by atoms with Gasteiger partial charge in [-0.2, -0.15) is 0 Å². The number of allylic oxidation sites excluding steroid dienone is 4. The number of hydrogen-bond acceptors (Lipinski definition) is 4. The molecule has 4 heteroatoms. The van der Waals surface area contributed by atoms with Crippen molar-refractivity contribution in [2.24, 2.45) is 0 Å². The summed E-state index contributed by atoms with van der Waals surface area (Å²) in [5, 5.41) is 0. The zero-order valence-corrected chi connectivity index (χ0v) is 52.5. The number of unbranched alkanes of at least 4 members (excludes halogenated alkanes) is 8. The molecule has 432 valence electrons. The Hall–Kier alpha value is -7.96. The average Bonchev–Trinajstić information content (AvgIpc) is 3.75. The number of anilines is 4. The zero-order valence-electron chi connectivity index (χ0n) is 52.5. The summed E-state index contributed by atoms with van der Waals surface area (Å²) in [6.45, 7) is 26.2. The van der Waals surface area contributed by atoms with Crippen LogP contribution < -0.4 is 19.6 Å². The Labute approximate surface area is 510 Å². The quantitative estimate of drug-likeness (QED) is 0.0526. The normalized spacial score (nSPS) is 12.7. The third kappa shape index (κ3) is 19.0. The number of fused-ring (bicyclic) bond motifs is 4. The molecule has 1 saturated carbocycles. The summed E-state index contributed by atoms with van der Waals surface area (Å²) in [6, 6.07) is 26.5. The van der Waals surface area contributed by atoms with Gasteiger partial charge >= 0.3 is 0 Å². The van der Waals surface area contributed by atoms with Gasteiger partial charge in [-0.3, -0.25) is 0 Å². The maximum absolute atomic E-state index is 3.67. The molecule has 3 aliphatic rings. The minimum Gasteiger partial charge on any atom is -0.372 e. The predicted octanol–water partition coefficient (Wildman–Crippen LogP) is 17.4. The maximum atomic E-state index is 3.67. The Morgan fingerprint density at radius 2 is 0.452 bits per heavy atom. The van der Waals surface area contributed by atoms with E-state index < -0.39 is 0 Å². The molecule has 0 atom stereocenters. The summed E-state index contributed by atoms with van der Waals surface area (Å²) in [5.74, 6) is 56.1. The van der Waals surface area contributed by atoms with E-state index in [1.54, 1.807) is 0 Å². The highest BCUT2D eigenvalue weighted by Gasteiger charge is 2.18. The van der Waals surface area contributed by atoms with Gasteiger partial charge in [0, 0.05) is 120 Å². The van der Waals surface area contributed by atoms with Gasteiger partial charge in [-0.05, 0) is 185 Å². The summed E-state index contributed by atoms with van der Waals surface area (Å²) in [6.07, 6.45) is 21.5. The van der Waals surface area contributed by atoms with Crippen molar-refractivity contribution in [3.8, 4) is 94.7 Å². The molecule has 0 bridgehead atoms. The summed E-state index contributed by atoms with van der Waals surface area (Å²) in [5.41, 5.74) is 16.2. The van der Waals surface area contributed by atoms with Gasteiger partial charge in [-0.25, -0.2) is 0 Å². The van der Waals surface area contributed by atoms with Gasteiger partial charge in [-0.15, -0.1) is 0 Å². The minimum atomic E-state index is 0.805. The summed E-state index contributed by atoms with van der Waals surface area (Å²) < 4.78 is 0. The minimum absolute atomic E-state index is 0.805. The van der Waals surface area contributed by atoms with Crippen molar-refractivity contribution in [1.82, 2.24) is 0 Å². The Balaban J connectivity index is 1.35. The molecular formula is C80H92N4. The standard InChI is InChI=1S/C80H92N4/c1-9-17-53-81(54-18-10-2)77-49-45-69-41-37-67(38-42-70-46-50-78(82(55-19-11-3)56-20-12-4)62-74(70)30-26-25-29-73(69)61-77)65-33-35-66(36-34-65)68-39-43-71-47-51-79(83(57-21-13-5)58-22-14-6)63-75(71)31-27-28-32-76-64-80(52-48-72(76)44-40-68)84(59-23-15-7)60-24-16-8/h45-52,61-64H,9-24,33-36,53-60H2,1-8H3. The van der Waals surface area contributed by atoms with Crippen LogP contribution in [0.15, 0.2) is 95.1 Å². The fourth-order valence-corrected chi connectivity index (χ4v) is 10.7. The van der Waals surface area contributed by atoms with Crippen molar-refractivity contribution in [3.63, 3.8) is 0 Å². The molecule has 0 radical (unpaired) electrons. The van der Waals surface area contributed by atoms with Crippen molar-refractivity contribution in [3.05, 3.63) is 140 Å². The topological polar surface area (TPSA) is 13.0 Å². The molecule has 4 nitrogen and oxygen atoms in total. The van der Waals surface area contributed by atoms with Gasteiger partial charge in [0.25, 0.3) is 0 Å². The van der Waals surface area contributed by atoms with Gasteiger partial charge in [-0.1, -0.05) is 178 Å². The Kier molecular flexibility index (Phi) is 26.7. The van der Waals surface area contributed by atoms with Crippen LogP contribution in [0.1, 0.15) is 228 Å². The first-order valence-corrected chi connectivity index (χ1v) is 32.4. The second-order valence-electron chi connectivity index (χ2n) is 22.7.